The van der Waals surface area contributed by atoms with Crippen LogP contribution in [0.3, 0.4) is 0 Å². The minimum Gasteiger partial charge on any atom is -0.384 e. The number of nitrogens with zero attached hydrogens (tertiary/aromatic N) is 1. The van der Waals surface area contributed by atoms with Crippen LogP contribution in [0.2, 0.25) is 0 Å². The Morgan fingerprint density at radius 3 is 2.75 bits per heavy atom. The van der Waals surface area contributed by atoms with Gasteiger partial charge in [0.2, 0.25) is 0 Å². The quantitative estimate of drug-likeness (QED) is 0.579. The van der Waals surface area contributed by atoms with Gasteiger partial charge in [0, 0.05) is 17.1 Å². The summed E-state index contributed by atoms with van der Waals surface area (Å²) in [5, 5.41) is 0. The van der Waals surface area contributed by atoms with E-state index in [9.17, 15) is 0 Å². The zero-order chi connectivity index (χ0) is 9.14. The van der Waals surface area contributed by atoms with E-state index in [2.05, 4.69) is 20.9 Å². The maximum absolute atomic E-state index is 5.69. The van der Waals surface area contributed by atoms with Gasteiger partial charge in [-0.2, -0.15) is 0 Å². The standard InChI is InChI=1S/C9H11BrN2/c1-6-3-4-7(10)5-8(6)9(11)12-2/h3-5H,1-2H3,(H2,11,12). The molecule has 64 valence electrons. The lowest BCUT2D eigenvalue weighted by Gasteiger charge is -2.04. The molecule has 0 saturated heterocycles. The SMILES string of the molecule is CN=C(N)c1cc(Br)ccc1C. The molecule has 0 bridgehead atoms. The predicted octanol–water partition coefficient (Wildman–Crippen LogP) is 2.09. The number of nitrogens with two attached hydrogens (primary N) is 1. The summed E-state index contributed by atoms with van der Waals surface area (Å²) in [6.07, 6.45) is 0. The smallest absolute Gasteiger partial charge is 0.125 e. The van der Waals surface area contributed by atoms with E-state index in [1.54, 1.807) is 7.05 Å². The lowest BCUT2D eigenvalue weighted by atomic mass is 10.1. The van der Waals surface area contributed by atoms with Crippen molar-refractivity contribution in [3.8, 4) is 0 Å². The van der Waals surface area contributed by atoms with Crippen molar-refractivity contribution >= 4 is 21.8 Å². The molecule has 0 saturated carbocycles. The molecule has 0 atom stereocenters. The van der Waals surface area contributed by atoms with Gasteiger partial charge in [-0.3, -0.25) is 4.99 Å². The molecule has 0 aliphatic heterocycles. The highest BCUT2D eigenvalue weighted by Gasteiger charge is 2.01. The van der Waals surface area contributed by atoms with Crippen molar-refractivity contribution in [3.63, 3.8) is 0 Å². The average Bonchev–Trinajstić information content (AvgIpc) is 2.08. The molecule has 0 fully saturated rings. The molecule has 2 nitrogen and oxygen atoms in total. The summed E-state index contributed by atoms with van der Waals surface area (Å²) in [5.41, 5.74) is 7.83. The summed E-state index contributed by atoms with van der Waals surface area (Å²) >= 11 is 3.38. The largest absolute Gasteiger partial charge is 0.384 e. The highest BCUT2D eigenvalue weighted by molar-refractivity contribution is 9.10. The van der Waals surface area contributed by atoms with Gasteiger partial charge in [-0.25, -0.2) is 0 Å². The molecule has 0 aromatic heterocycles. The first-order valence-electron chi connectivity index (χ1n) is 3.64. The lowest BCUT2D eigenvalue weighted by molar-refractivity contribution is 1.35. The molecule has 0 spiro atoms. The van der Waals surface area contributed by atoms with Crippen molar-refractivity contribution in [3.05, 3.63) is 33.8 Å². The third-order valence-electron chi connectivity index (χ3n) is 1.72. The van der Waals surface area contributed by atoms with E-state index in [1.165, 1.54) is 0 Å². The van der Waals surface area contributed by atoms with Gasteiger partial charge < -0.3 is 5.73 Å². The Morgan fingerprint density at radius 2 is 2.17 bits per heavy atom. The molecule has 0 heterocycles. The molecule has 0 radical (unpaired) electrons. The minimum absolute atomic E-state index is 0.578. The Kier molecular flexibility index (Phi) is 2.87. The number of amidine groups is 1. The van der Waals surface area contributed by atoms with Gasteiger partial charge in [-0.1, -0.05) is 22.0 Å². The predicted molar refractivity (Wildman–Crippen MR) is 55.5 cm³/mol. The fourth-order valence-corrected chi connectivity index (χ4v) is 1.35. The Labute approximate surface area is 80.6 Å². The molecular formula is C9H11BrN2. The molecule has 0 aliphatic rings. The molecule has 1 aromatic rings. The van der Waals surface area contributed by atoms with Crippen molar-refractivity contribution in [2.45, 2.75) is 6.92 Å². The van der Waals surface area contributed by atoms with Gasteiger partial charge in [0.05, 0.1) is 0 Å². The Morgan fingerprint density at radius 1 is 1.50 bits per heavy atom. The summed E-state index contributed by atoms with van der Waals surface area (Å²) in [5.74, 6) is 0.578. The van der Waals surface area contributed by atoms with Crippen LogP contribution in [0.4, 0.5) is 0 Å². The molecule has 0 amide bonds. The highest BCUT2D eigenvalue weighted by Crippen LogP contribution is 2.15. The fraction of sp³-hybridized carbons (Fsp3) is 0.222. The van der Waals surface area contributed by atoms with E-state index in [0.717, 1.165) is 15.6 Å². The van der Waals surface area contributed by atoms with Gasteiger partial charge >= 0.3 is 0 Å². The summed E-state index contributed by atoms with van der Waals surface area (Å²) in [6, 6.07) is 5.97. The number of hydrogen-bond donors (Lipinski definition) is 1. The van der Waals surface area contributed by atoms with Crippen LogP contribution < -0.4 is 5.73 Å². The van der Waals surface area contributed by atoms with Crippen LogP contribution >= 0.6 is 15.9 Å². The Balaban J connectivity index is 3.23. The summed E-state index contributed by atoms with van der Waals surface area (Å²) in [4.78, 5) is 3.93. The molecule has 1 aromatic carbocycles. The van der Waals surface area contributed by atoms with Crippen molar-refractivity contribution in [1.29, 1.82) is 0 Å². The molecular weight excluding hydrogens is 216 g/mol. The van der Waals surface area contributed by atoms with E-state index in [-0.39, 0.29) is 0 Å². The monoisotopic (exact) mass is 226 g/mol. The van der Waals surface area contributed by atoms with Crippen LogP contribution in [0.1, 0.15) is 11.1 Å². The van der Waals surface area contributed by atoms with E-state index < -0.39 is 0 Å². The van der Waals surface area contributed by atoms with Crippen LogP contribution in [-0.2, 0) is 0 Å². The Bertz CT molecular complexity index is 318. The second-order valence-electron chi connectivity index (χ2n) is 2.57. The van der Waals surface area contributed by atoms with Gasteiger partial charge in [0.25, 0.3) is 0 Å². The molecule has 0 aliphatic carbocycles. The van der Waals surface area contributed by atoms with E-state index in [0.29, 0.717) is 5.84 Å². The van der Waals surface area contributed by atoms with Crippen molar-refractivity contribution < 1.29 is 0 Å². The molecule has 2 N–H and O–H groups in total. The molecule has 12 heavy (non-hydrogen) atoms. The van der Waals surface area contributed by atoms with Crippen molar-refractivity contribution in [2.75, 3.05) is 7.05 Å². The summed E-state index contributed by atoms with van der Waals surface area (Å²) < 4.78 is 1.02. The first-order chi connectivity index (χ1) is 5.65. The van der Waals surface area contributed by atoms with Crippen LogP contribution in [0.25, 0.3) is 0 Å². The molecule has 0 unspecified atom stereocenters. The van der Waals surface area contributed by atoms with Crippen molar-refractivity contribution in [2.24, 2.45) is 10.7 Å². The van der Waals surface area contributed by atoms with Crippen LogP contribution in [0, 0.1) is 6.92 Å². The number of aryl methyl sites for hydroxylation is 1. The topological polar surface area (TPSA) is 38.4 Å². The first-order valence-corrected chi connectivity index (χ1v) is 4.43. The van der Waals surface area contributed by atoms with Crippen LogP contribution in [0.5, 0.6) is 0 Å². The summed E-state index contributed by atoms with van der Waals surface area (Å²) in [7, 11) is 1.69. The minimum atomic E-state index is 0.578. The van der Waals surface area contributed by atoms with Crippen LogP contribution in [0.15, 0.2) is 27.7 Å². The first kappa shape index (κ1) is 9.26. The Hall–Kier alpha value is -0.830. The second-order valence-corrected chi connectivity index (χ2v) is 3.48. The number of halogens is 1. The number of rotatable bonds is 1. The number of hydrogen-bond acceptors (Lipinski definition) is 1. The highest BCUT2D eigenvalue weighted by atomic mass is 79.9. The maximum Gasteiger partial charge on any atom is 0.125 e. The average molecular weight is 227 g/mol. The van der Waals surface area contributed by atoms with E-state index >= 15 is 0 Å². The normalized spacial score (nSPS) is 11.8. The zero-order valence-electron chi connectivity index (χ0n) is 7.13. The van der Waals surface area contributed by atoms with Crippen molar-refractivity contribution in [1.82, 2.24) is 0 Å². The lowest BCUT2D eigenvalue weighted by Crippen LogP contribution is -2.14. The fourth-order valence-electron chi connectivity index (χ4n) is 0.991. The van der Waals surface area contributed by atoms with Gasteiger partial charge in [0.15, 0.2) is 0 Å². The zero-order valence-corrected chi connectivity index (χ0v) is 8.72. The molecule has 1 rings (SSSR count). The van der Waals surface area contributed by atoms with E-state index in [4.69, 9.17) is 5.73 Å². The number of benzene rings is 1. The maximum atomic E-state index is 5.69. The second kappa shape index (κ2) is 3.72. The van der Waals surface area contributed by atoms with E-state index in [1.807, 2.05) is 25.1 Å². The summed E-state index contributed by atoms with van der Waals surface area (Å²) in [6.45, 7) is 2.01. The molecule has 3 heteroatoms. The van der Waals surface area contributed by atoms with Crippen LogP contribution in [-0.4, -0.2) is 12.9 Å². The third kappa shape index (κ3) is 1.85. The van der Waals surface area contributed by atoms with Gasteiger partial charge in [0.1, 0.15) is 5.84 Å². The van der Waals surface area contributed by atoms with Gasteiger partial charge in [-0.05, 0) is 24.6 Å². The number of aliphatic imine (C=N–C) groups is 1. The van der Waals surface area contributed by atoms with Gasteiger partial charge in [-0.15, -0.1) is 0 Å². The third-order valence-corrected chi connectivity index (χ3v) is 2.21.